The van der Waals surface area contributed by atoms with Gasteiger partial charge in [-0.25, -0.2) is 4.57 Å². The van der Waals surface area contributed by atoms with Gasteiger partial charge in [-0.05, 0) is 44.5 Å². The van der Waals surface area contributed by atoms with Crippen LogP contribution in [0.15, 0.2) is 52.4 Å². The van der Waals surface area contributed by atoms with Crippen LogP contribution in [-0.2, 0) is 0 Å². The number of rotatable bonds is 3. The third-order valence-electron chi connectivity index (χ3n) is 4.45. The Hall–Kier alpha value is -3.11. The van der Waals surface area contributed by atoms with Gasteiger partial charge in [0.1, 0.15) is 0 Å². The summed E-state index contributed by atoms with van der Waals surface area (Å²) in [6, 6.07) is 15.6. The summed E-state index contributed by atoms with van der Waals surface area (Å²) >= 11 is 1.32. The second-order valence-corrected chi connectivity index (χ2v) is 7.76. The van der Waals surface area contributed by atoms with Gasteiger partial charge in [0.25, 0.3) is 5.56 Å². The zero-order chi connectivity index (χ0) is 19.1. The van der Waals surface area contributed by atoms with Gasteiger partial charge < -0.3 is 0 Å². The average Bonchev–Trinajstić information content (AvgIpc) is 3.06. The molecule has 6 nitrogen and oxygen atoms in total. The number of thioether (sulfide) groups is 1. The van der Waals surface area contributed by atoms with Crippen molar-refractivity contribution in [2.75, 3.05) is 0 Å². The fraction of sp³-hybridized carbons (Fsp3) is 0.200. The Morgan fingerprint density at radius 1 is 1.15 bits per heavy atom. The molecule has 0 aliphatic rings. The second-order valence-electron chi connectivity index (χ2n) is 6.45. The van der Waals surface area contributed by atoms with Gasteiger partial charge in [0.05, 0.1) is 27.9 Å². The first-order chi connectivity index (χ1) is 13.0. The van der Waals surface area contributed by atoms with Gasteiger partial charge in [0, 0.05) is 0 Å². The maximum Gasteiger partial charge on any atom is 0.267 e. The number of hydrogen-bond donors (Lipinski definition) is 0. The molecule has 0 amide bonds. The maximum absolute atomic E-state index is 13.3. The lowest BCUT2D eigenvalue weighted by Gasteiger charge is -2.13. The van der Waals surface area contributed by atoms with Crippen LogP contribution in [0.25, 0.3) is 22.4 Å². The van der Waals surface area contributed by atoms with Crippen molar-refractivity contribution in [3.05, 3.63) is 63.9 Å². The molecule has 0 aliphatic carbocycles. The number of aryl methyl sites for hydroxylation is 2. The number of hydrogen-bond acceptors (Lipinski definition) is 5. The lowest BCUT2D eigenvalue weighted by molar-refractivity contribution is 0.925. The van der Waals surface area contributed by atoms with Crippen molar-refractivity contribution < 1.29 is 0 Å². The minimum Gasteiger partial charge on any atom is -0.268 e. The molecule has 0 saturated heterocycles. The molecule has 1 atom stereocenters. The fourth-order valence-electron chi connectivity index (χ4n) is 3.21. The topological polar surface area (TPSA) is 76.0 Å². The first kappa shape index (κ1) is 17.3. The smallest absolute Gasteiger partial charge is 0.267 e. The van der Waals surface area contributed by atoms with Crippen molar-refractivity contribution in [1.29, 1.82) is 5.26 Å². The van der Waals surface area contributed by atoms with E-state index in [1.165, 1.54) is 11.8 Å². The monoisotopic (exact) mass is 375 g/mol. The number of fused-ring (bicyclic) bond motifs is 3. The summed E-state index contributed by atoms with van der Waals surface area (Å²) in [6.45, 7) is 5.81. The minimum absolute atomic E-state index is 0.137. The maximum atomic E-state index is 13.3. The van der Waals surface area contributed by atoms with Crippen molar-refractivity contribution in [2.24, 2.45) is 0 Å². The Morgan fingerprint density at radius 2 is 1.93 bits per heavy atom. The highest BCUT2D eigenvalue weighted by Crippen LogP contribution is 2.26. The third kappa shape index (κ3) is 2.78. The van der Waals surface area contributed by atoms with Crippen molar-refractivity contribution in [3.8, 4) is 11.8 Å². The summed E-state index contributed by atoms with van der Waals surface area (Å²) in [5.41, 5.74) is 3.48. The van der Waals surface area contributed by atoms with Gasteiger partial charge in [-0.3, -0.25) is 9.20 Å². The van der Waals surface area contributed by atoms with Crippen molar-refractivity contribution >= 4 is 28.4 Å². The lowest BCUT2D eigenvalue weighted by atomic mass is 10.1. The largest absolute Gasteiger partial charge is 0.268 e. The minimum atomic E-state index is -0.280. The Bertz CT molecular complexity index is 1280. The van der Waals surface area contributed by atoms with Gasteiger partial charge in [0.15, 0.2) is 5.16 Å². The standard InChI is InChI=1S/C20H17N5OS/c1-12-8-9-16(13(2)10-12)24-18(26)15-6-4-5-7-17(15)25-19(24)22-23-20(25)27-14(3)11-21/h4-10,14H,1-3H3. The third-order valence-corrected chi connectivity index (χ3v) is 5.39. The molecule has 0 fully saturated rings. The van der Waals surface area contributed by atoms with E-state index in [-0.39, 0.29) is 10.8 Å². The summed E-state index contributed by atoms with van der Waals surface area (Å²) in [5, 5.41) is 18.6. The molecule has 7 heteroatoms. The van der Waals surface area contributed by atoms with Crippen LogP contribution in [-0.4, -0.2) is 24.4 Å². The quantitative estimate of drug-likeness (QED) is 0.511. The van der Waals surface area contributed by atoms with E-state index >= 15 is 0 Å². The second kappa shape index (κ2) is 6.56. The first-order valence-electron chi connectivity index (χ1n) is 8.54. The molecule has 27 heavy (non-hydrogen) atoms. The van der Waals surface area contributed by atoms with E-state index in [0.717, 1.165) is 22.3 Å². The Morgan fingerprint density at radius 3 is 2.67 bits per heavy atom. The molecule has 0 spiro atoms. The summed E-state index contributed by atoms with van der Waals surface area (Å²) in [4.78, 5) is 13.3. The van der Waals surface area contributed by atoms with E-state index < -0.39 is 0 Å². The molecule has 1 unspecified atom stereocenters. The number of para-hydroxylation sites is 1. The molecule has 4 rings (SSSR count). The molecule has 0 saturated carbocycles. The average molecular weight is 375 g/mol. The molecule has 0 N–H and O–H groups in total. The number of aromatic nitrogens is 4. The van der Waals surface area contributed by atoms with Gasteiger partial charge >= 0.3 is 0 Å². The van der Waals surface area contributed by atoms with E-state index in [4.69, 9.17) is 0 Å². The zero-order valence-electron chi connectivity index (χ0n) is 15.2. The Balaban J connectivity index is 2.14. The zero-order valence-corrected chi connectivity index (χ0v) is 16.0. The van der Waals surface area contributed by atoms with Gasteiger partial charge in [-0.2, -0.15) is 5.26 Å². The van der Waals surface area contributed by atoms with Crippen LogP contribution < -0.4 is 5.56 Å². The van der Waals surface area contributed by atoms with E-state index in [9.17, 15) is 10.1 Å². The van der Waals surface area contributed by atoms with Crippen molar-refractivity contribution in [1.82, 2.24) is 19.2 Å². The van der Waals surface area contributed by atoms with Crippen molar-refractivity contribution in [3.63, 3.8) is 0 Å². The molecule has 2 heterocycles. The number of nitriles is 1. The molecule has 2 aromatic heterocycles. The van der Waals surface area contributed by atoms with E-state index in [0.29, 0.717) is 16.3 Å². The molecular weight excluding hydrogens is 358 g/mol. The highest BCUT2D eigenvalue weighted by Gasteiger charge is 2.19. The summed E-state index contributed by atoms with van der Waals surface area (Å²) in [5.74, 6) is 0.443. The molecular formula is C20H17N5OS. The predicted octanol–water partition coefficient (Wildman–Crippen LogP) is 3.65. The fourth-order valence-corrected chi connectivity index (χ4v) is 3.96. The SMILES string of the molecule is Cc1ccc(-n2c(=O)c3ccccc3n3c(SC(C)C#N)nnc23)c(C)c1. The van der Waals surface area contributed by atoms with E-state index in [1.54, 1.807) is 10.6 Å². The summed E-state index contributed by atoms with van der Waals surface area (Å²) in [6.07, 6.45) is 0. The predicted molar refractivity (Wildman–Crippen MR) is 106 cm³/mol. The van der Waals surface area contributed by atoms with Crippen LogP contribution >= 0.6 is 11.8 Å². The van der Waals surface area contributed by atoms with Gasteiger partial charge in [0.2, 0.25) is 5.78 Å². The first-order valence-corrected chi connectivity index (χ1v) is 9.42. The Kier molecular flexibility index (Phi) is 4.21. The van der Waals surface area contributed by atoms with Gasteiger partial charge in [-0.1, -0.05) is 41.6 Å². The lowest BCUT2D eigenvalue weighted by Crippen LogP contribution is -2.22. The molecule has 4 aromatic rings. The van der Waals surface area contributed by atoms with E-state index in [2.05, 4.69) is 16.3 Å². The molecule has 134 valence electrons. The normalized spacial score (nSPS) is 12.4. The molecule has 0 bridgehead atoms. The van der Waals surface area contributed by atoms with Gasteiger partial charge in [-0.15, -0.1) is 10.2 Å². The molecule has 0 aliphatic heterocycles. The van der Waals surface area contributed by atoms with Crippen LogP contribution in [0, 0.1) is 25.2 Å². The van der Waals surface area contributed by atoms with Crippen LogP contribution in [0.2, 0.25) is 0 Å². The number of nitrogens with zero attached hydrogens (tertiary/aromatic N) is 5. The summed E-state index contributed by atoms with van der Waals surface area (Å²) < 4.78 is 3.46. The van der Waals surface area contributed by atoms with Crippen molar-refractivity contribution in [2.45, 2.75) is 31.2 Å². The summed E-state index contributed by atoms with van der Waals surface area (Å²) in [7, 11) is 0. The highest BCUT2D eigenvalue weighted by atomic mass is 32.2. The molecule has 2 aromatic carbocycles. The van der Waals surface area contributed by atoms with Crippen LogP contribution in [0.5, 0.6) is 0 Å². The molecule has 0 radical (unpaired) electrons. The highest BCUT2D eigenvalue weighted by molar-refractivity contribution is 8.00. The van der Waals surface area contributed by atoms with Crippen LogP contribution in [0.3, 0.4) is 0 Å². The van der Waals surface area contributed by atoms with E-state index in [1.807, 2.05) is 61.6 Å². The Labute approximate surface area is 160 Å². The number of benzene rings is 2. The van der Waals surface area contributed by atoms with Crippen LogP contribution in [0.4, 0.5) is 0 Å². The van der Waals surface area contributed by atoms with Crippen LogP contribution in [0.1, 0.15) is 18.1 Å².